The van der Waals surface area contributed by atoms with Crippen molar-refractivity contribution >= 4 is 5.91 Å². The van der Waals surface area contributed by atoms with Crippen LogP contribution < -0.4 is 0 Å². The lowest BCUT2D eigenvalue weighted by Crippen LogP contribution is -2.32. The summed E-state index contributed by atoms with van der Waals surface area (Å²) in [6.45, 7) is 3.78. The normalized spacial score (nSPS) is 20.8. The quantitative estimate of drug-likeness (QED) is 0.922. The van der Waals surface area contributed by atoms with E-state index in [-0.39, 0.29) is 24.3 Å². The molecule has 0 unspecified atom stereocenters. The predicted molar refractivity (Wildman–Crippen MR) is 82.3 cm³/mol. The van der Waals surface area contributed by atoms with E-state index >= 15 is 0 Å². The van der Waals surface area contributed by atoms with Gasteiger partial charge in [0.15, 0.2) is 0 Å². The monoisotopic (exact) mass is 315 g/mol. The summed E-state index contributed by atoms with van der Waals surface area (Å²) >= 11 is 0. The fourth-order valence-electron chi connectivity index (χ4n) is 3.01. The van der Waals surface area contributed by atoms with Crippen LogP contribution in [0.25, 0.3) is 0 Å². The van der Waals surface area contributed by atoms with Crippen LogP contribution in [-0.2, 0) is 0 Å². The summed E-state index contributed by atoms with van der Waals surface area (Å²) in [6, 6.07) is 7.38. The molecule has 3 rings (SSSR count). The number of hydrogen-bond acceptors (Lipinski definition) is 4. The zero-order valence-corrected chi connectivity index (χ0v) is 13.0. The first-order valence-electron chi connectivity index (χ1n) is 7.51. The number of β-amino-alcohol motifs (C(OH)–C–C–N with tert-alkyl or cyclic N) is 1. The SMILES string of the molecule is Cc1cc(C(=O)N2C[C@H](O)C[C@@H]2c2ccc(F)cc2)nc(C)n1. The van der Waals surface area contributed by atoms with Crippen molar-refractivity contribution in [2.45, 2.75) is 32.4 Å². The molecule has 1 amide bonds. The summed E-state index contributed by atoms with van der Waals surface area (Å²) in [4.78, 5) is 22.8. The Morgan fingerprint density at radius 3 is 2.61 bits per heavy atom. The van der Waals surface area contributed by atoms with Crippen molar-refractivity contribution in [1.29, 1.82) is 0 Å². The van der Waals surface area contributed by atoms with Crippen LogP contribution in [0.2, 0.25) is 0 Å². The predicted octanol–water partition coefficient (Wildman–Crippen LogP) is 2.18. The van der Waals surface area contributed by atoms with Crippen LogP contribution in [0.4, 0.5) is 4.39 Å². The van der Waals surface area contributed by atoms with Crippen molar-refractivity contribution < 1.29 is 14.3 Å². The maximum Gasteiger partial charge on any atom is 0.273 e. The van der Waals surface area contributed by atoms with E-state index in [4.69, 9.17) is 0 Å². The van der Waals surface area contributed by atoms with Gasteiger partial charge in [-0.3, -0.25) is 4.79 Å². The summed E-state index contributed by atoms with van der Waals surface area (Å²) in [5.41, 5.74) is 1.84. The van der Waals surface area contributed by atoms with Gasteiger partial charge in [-0.15, -0.1) is 0 Å². The lowest BCUT2D eigenvalue weighted by molar-refractivity contribution is 0.0709. The largest absolute Gasteiger partial charge is 0.391 e. The van der Waals surface area contributed by atoms with E-state index in [1.165, 1.54) is 12.1 Å². The smallest absolute Gasteiger partial charge is 0.273 e. The number of hydrogen-bond donors (Lipinski definition) is 1. The molecule has 1 aliphatic rings. The van der Waals surface area contributed by atoms with Gasteiger partial charge in [-0.05, 0) is 44.0 Å². The number of nitrogens with zero attached hydrogens (tertiary/aromatic N) is 3. The number of aliphatic hydroxyl groups excluding tert-OH is 1. The van der Waals surface area contributed by atoms with Crippen LogP contribution in [0.15, 0.2) is 30.3 Å². The van der Waals surface area contributed by atoms with Crippen LogP contribution in [0.1, 0.15) is 40.0 Å². The summed E-state index contributed by atoms with van der Waals surface area (Å²) in [7, 11) is 0. The van der Waals surface area contributed by atoms with Crippen molar-refractivity contribution in [1.82, 2.24) is 14.9 Å². The average Bonchev–Trinajstić information content (AvgIpc) is 2.88. The number of aromatic nitrogens is 2. The van der Waals surface area contributed by atoms with E-state index in [1.807, 2.05) is 6.92 Å². The fourth-order valence-corrected chi connectivity index (χ4v) is 3.01. The highest BCUT2D eigenvalue weighted by Gasteiger charge is 2.36. The number of carbonyl (C=O) groups excluding carboxylic acids is 1. The van der Waals surface area contributed by atoms with E-state index in [2.05, 4.69) is 9.97 Å². The Morgan fingerprint density at radius 1 is 1.26 bits per heavy atom. The number of likely N-dealkylation sites (tertiary alicyclic amines) is 1. The van der Waals surface area contributed by atoms with E-state index in [9.17, 15) is 14.3 Å². The third-order valence-electron chi connectivity index (χ3n) is 3.98. The lowest BCUT2D eigenvalue weighted by Gasteiger charge is -2.24. The number of halogens is 1. The van der Waals surface area contributed by atoms with Crippen molar-refractivity contribution in [3.05, 3.63) is 58.9 Å². The van der Waals surface area contributed by atoms with Gasteiger partial charge < -0.3 is 10.0 Å². The summed E-state index contributed by atoms with van der Waals surface area (Å²) in [5, 5.41) is 9.99. The van der Waals surface area contributed by atoms with Gasteiger partial charge >= 0.3 is 0 Å². The van der Waals surface area contributed by atoms with Gasteiger partial charge in [0.2, 0.25) is 0 Å². The average molecular weight is 315 g/mol. The molecule has 2 aromatic rings. The Labute approximate surface area is 133 Å². The van der Waals surface area contributed by atoms with Crippen LogP contribution >= 0.6 is 0 Å². The molecule has 2 heterocycles. The molecule has 0 aliphatic carbocycles. The summed E-state index contributed by atoms with van der Waals surface area (Å²) < 4.78 is 13.1. The van der Waals surface area contributed by atoms with E-state index in [0.29, 0.717) is 17.9 Å². The minimum Gasteiger partial charge on any atom is -0.391 e. The van der Waals surface area contributed by atoms with Gasteiger partial charge in [0.1, 0.15) is 17.3 Å². The van der Waals surface area contributed by atoms with E-state index in [1.54, 1.807) is 30.0 Å². The molecule has 1 fully saturated rings. The zero-order chi connectivity index (χ0) is 16.6. The third-order valence-corrected chi connectivity index (χ3v) is 3.98. The summed E-state index contributed by atoms with van der Waals surface area (Å²) in [6.07, 6.45) is -0.168. The standard InChI is InChI=1S/C17H18FN3O2/c1-10-7-15(20-11(2)19-10)17(23)21-9-14(22)8-16(21)12-3-5-13(18)6-4-12/h3-7,14,16,22H,8-9H2,1-2H3/t14-,16-/m1/s1. The Hall–Kier alpha value is -2.34. The molecule has 0 spiro atoms. The first kappa shape index (κ1) is 15.6. The van der Waals surface area contributed by atoms with Crippen molar-refractivity contribution in [3.63, 3.8) is 0 Å². The second kappa shape index (κ2) is 6.04. The van der Waals surface area contributed by atoms with Crippen molar-refractivity contribution in [3.8, 4) is 0 Å². The van der Waals surface area contributed by atoms with Gasteiger partial charge in [0, 0.05) is 12.2 Å². The zero-order valence-electron chi connectivity index (χ0n) is 13.0. The number of rotatable bonds is 2. The van der Waals surface area contributed by atoms with Gasteiger partial charge in [-0.2, -0.15) is 0 Å². The molecule has 0 radical (unpaired) electrons. The number of amides is 1. The third kappa shape index (κ3) is 3.22. The Morgan fingerprint density at radius 2 is 1.96 bits per heavy atom. The molecule has 1 aromatic carbocycles. The molecular weight excluding hydrogens is 297 g/mol. The fraction of sp³-hybridized carbons (Fsp3) is 0.353. The number of benzene rings is 1. The van der Waals surface area contributed by atoms with Crippen LogP contribution in [0, 0.1) is 19.7 Å². The maximum absolute atomic E-state index is 13.1. The van der Waals surface area contributed by atoms with Crippen LogP contribution in [0.3, 0.4) is 0 Å². The first-order valence-corrected chi connectivity index (χ1v) is 7.51. The molecule has 0 bridgehead atoms. The van der Waals surface area contributed by atoms with Gasteiger partial charge in [-0.25, -0.2) is 14.4 Å². The van der Waals surface area contributed by atoms with Crippen molar-refractivity contribution in [2.75, 3.05) is 6.54 Å². The number of aryl methyl sites for hydroxylation is 2. The number of carbonyl (C=O) groups is 1. The highest BCUT2D eigenvalue weighted by Crippen LogP contribution is 2.33. The molecule has 23 heavy (non-hydrogen) atoms. The van der Waals surface area contributed by atoms with Gasteiger partial charge in [-0.1, -0.05) is 12.1 Å². The van der Waals surface area contributed by atoms with E-state index < -0.39 is 6.10 Å². The highest BCUT2D eigenvalue weighted by molar-refractivity contribution is 5.93. The van der Waals surface area contributed by atoms with Gasteiger partial charge in [0.05, 0.1) is 12.1 Å². The molecular formula is C17H18FN3O2. The molecule has 6 heteroatoms. The maximum atomic E-state index is 13.1. The molecule has 1 aliphatic heterocycles. The molecule has 1 saturated heterocycles. The summed E-state index contributed by atoms with van der Waals surface area (Å²) in [5.74, 6) is -0.0388. The highest BCUT2D eigenvalue weighted by atomic mass is 19.1. The molecule has 2 atom stereocenters. The van der Waals surface area contributed by atoms with Crippen LogP contribution in [0.5, 0.6) is 0 Å². The lowest BCUT2D eigenvalue weighted by atomic mass is 10.0. The Kier molecular flexibility index (Phi) is 4.09. The minimum absolute atomic E-state index is 0.239. The number of aliphatic hydroxyl groups is 1. The first-order chi connectivity index (χ1) is 10.9. The topological polar surface area (TPSA) is 66.3 Å². The molecule has 1 aromatic heterocycles. The minimum atomic E-state index is -0.599. The molecule has 1 N–H and O–H groups in total. The van der Waals surface area contributed by atoms with E-state index in [0.717, 1.165) is 11.3 Å². The second-order valence-electron chi connectivity index (χ2n) is 5.86. The Balaban J connectivity index is 1.92. The van der Waals surface area contributed by atoms with Crippen LogP contribution in [-0.4, -0.2) is 38.5 Å². The molecule has 5 nitrogen and oxygen atoms in total. The van der Waals surface area contributed by atoms with Crippen molar-refractivity contribution in [2.24, 2.45) is 0 Å². The van der Waals surface area contributed by atoms with Gasteiger partial charge in [0.25, 0.3) is 5.91 Å². The molecule has 120 valence electrons. The second-order valence-corrected chi connectivity index (χ2v) is 5.86. The Bertz CT molecular complexity index is 713. The molecule has 0 saturated carbocycles.